The van der Waals surface area contributed by atoms with Gasteiger partial charge in [0, 0.05) is 18.7 Å². The number of amides is 1. The van der Waals surface area contributed by atoms with Crippen molar-refractivity contribution < 1.29 is 23.7 Å². The summed E-state index contributed by atoms with van der Waals surface area (Å²) in [5, 5.41) is 0. The van der Waals surface area contributed by atoms with E-state index in [9.17, 15) is 4.79 Å². The fraction of sp³-hybridized carbons (Fsp3) is 0.458. The molecule has 4 rings (SSSR count). The summed E-state index contributed by atoms with van der Waals surface area (Å²) in [5.74, 6) is 2.18. The maximum Gasteiger partial charge on any atom is 0.254 e. The highest BCUT2D eigenvalue weighted by atomic mass is 16.5. The molecule has 0 bridgehead atoms. The van der Waals surface area contributed by atoms with E-state index in [1.807, 2.05) is 47.4 Å². The van der Waals surface area contributed by atoms with Crippen molar-refractivity contribution in [2.24, 2.45) is 0 Å². The summed E-state index contributed by atoms with van der Waals surface area (Å²) < 4.78 is 22.2. The molecular weight excluding hydrogens is 382 g/mol. The van der Waals surface area contributed by atoms with Crippen LogP contribution < -0.4 is 14.2 Å². The molecule has 2 atom stereocenters. The predicted octanol–water partition coefficient (Wildman–Crippen LogP) is 4.24. The average Bonchev–Trinajstić information content (AvgIpc) is 3.49. The van der Waals surface area contributed by atoms with E-state index in [4.69, 9.17) is 18.9 Å². The van der Waals surface area contributed by atoms with Crippen molar-refractivity contribution in [3.05, 3.63) is 53.6 Å². The second kappa shape index (κ2) is 9.39. The molecule has 6 nitrogen and oxygen atoms in total. The number of ether oxygens (including phenoxy) is 4. The van der Waals surface area contributed by atoms with E-state index in [-0.39, 0.29) is 18.1 Å². The van der Waals surface area contributed by atoms with E-state index in [0.717, 1.165) is 50.1 Å². The third kappa shape index (κ3) is 4.38. The van der Waals surface area contributed by atoms with Crippen LogP contribution in [-0.2, 0) is 4.74 Å². The lowest BCUT2D eigenvalue weighted by molar-refractivity contribution is 0.0678. The summed E-state index contributed by atoms with van der Waals surface area (Å²) in [6.07, 6.45) is 4.23. The Labute approximate surface area is 177 Å². The van der Waals surface area contributed by atoms with E-state index in [0.29, 0.717) is 23.7 Å². The second-order valence-electron chi connectivity index (χ2n) is 7.74. The number of hydrogen-bond donors (Lipinski definition) is 0. The van der Waals surface area contributed by atoms with Crippen molar-refractivity contribution in [3.63, 3.8) is 0 Å². The van der Waals surface area contributed by atoms with Gasteiger partial charge in [-0.3, -0.25) is 4.79 Å². The van der Waals surface area contributed by atoms with Gasteiger partial charge < -0.3 is 23.8 Å². The van der Waals surface area contributed by atoms with Crippen LogP contribution in [0.25, 0.3) is 0 Å². The van der Waals surface area contributed by atoms with Gasteiger partial charge in [0.25, 0.3) is 5.91 Å². The summed E-state index contributed by atoms with van der Waals surface area (Å²) >= 11 is 0. The lowest BCUT2D eigenvalue weighted by Gasteiger charge is -2.26. The molecule has 1 amide bonds. The molecule has 0 aromatic heterocycles. The minimum Gasteiger partial charge on any atom is -0.493 e. The number of rotatable bonds is 7. The molecule has 2 aromatic carbocycles. The molecule has 2 heterocycles. The summed E-state index contributed by atoms with van der Waals surface area (Å²) in [5.41, 5.74) is 1.74. The number of nitrogens with zero attached hydrogens (tertiary/aromatic N) is 1. The number of methoxy groups -OCH3 is 2. The van der Waals surface area contributed by atoms with Gasteiger partial charge in [-0.2, -0.15) is 0 Å². The first kappa shape index (κ1) is 20.5. The number of benzene rings is 2. The number of likely N-dealkylation sites (tertiary alicyclic amines) is 1. The van der Waals surface area contributed by atoms with Crippen molar-refractivity contribution in [1.82, 2.24) is 4.90 Å². The Morgan fingerprint density at radius 3 is 2.53 bits per heavy atom. The average molecular weight is 411 g/mol. The largest absolute Gasteiger partial charge is 0.493 e. The fourth-order valence-electron chi connectivity index (χ4n) is 4.24. The third-order valence-electron chi connectivity index (χ3n) is 5.87. The van der Waals surface area contributed by atoms with Crippen molar-refractivity contribution >= 4 is 5.91 Å². The third-order valence-corrected chi connectivity index (χ3v) is 5.87. The molecule has 2 fully saturated rings. The lowest BCUT2D eigenvalue weighted by Crippen LogP contribution is -2.30. The van der Waals surface area contributed by atoms with Crippen molar-refractivity contribution in [2.75, 3.05) is 34.0 Å². The molecule has 2 saturated heterocycles. The first-order valence-electron chi connectivity index (χ1n) is 10.6. The van der Waals surface area contributed by atoms with Gasteiger partial charge in [0.1, 0.15) is 12.4 Å². The van der Waals surface area contributed by atoms with Crippen molar-refractivity contribution in [3.8, 4) is 17.2 Å². The molecule has 30 heavy (non-hydrogen) atoms. The standard InChI is InChI=1S/C24H29NO5/c1-27-22-12-9-18(15-23(22)28-2)21-6-3-13-25(21)24(26)17-7-10-19(11-8-17)30-16-20-5-4-14-29-20/h7-12,15,20-21H,3-6,13-14,16H2,1-2H3/t20-,21-/m0/s1. The van der Waals surface area contributed by atoms with Crippen molar-refractivity contribution in [2.45, 2.75) is 37.8 Å². The zero-order chi connectivity index (χ0) is 20.9. The van der Waals surface area contributed by atoms with Crippen LogP contribution >= 0.6 is 0 Å². The Balaban J connectivity index is 1.44. The van der Waals surface area contributed by atoms with Crippen LogP contribution in [0.3, 0.4) is 0 Å². The van der Waals surface area contributed by atoms with Crippen LogP contribution in [0, 0.1) is 0 Å². The summed E-state index contributed by atoms with van der Waals surface area (Å²) in [6.45, 7) is 2.12. The highest BCUT2D eigenvalue weighted by Crippen LogP contribution is 2.37. The zero-order valence-corrected chi connectivity index (χ0v) is 17.6. The highest BCUT2D eigenvalue weighted by molar-refractivity contribution is 5.94. The van der Waals surface area contributed by atoms with Crippen molar-refractivity contribution in [1.29, 1.82) is 0 Å². The molecule has 2 aliphatic heterocycles. The molecule has 0 N–H and O–H groups in total. The Morgan fingerprint density at radius 2 is 1.83 bits per heavy atom. The maximum atomic E-state index is 13.2. The van der Waals surface area contributed by atoms with Gasteiger partial charge in [-0.25, -0.2) is 0 Å². The van der Waals surface area contributed by atoms with Crippen LogP contribution in [-0.4, -0.2) is 50.9 Å². The van der Waals surface area contributed by atoms with Gasteiger partial charge in [-0.15, -0.1) is 0 Å². The summed E-state index contributed by atoms with van der Waals surface area (Å²) in [7, 11) is 3.25. The van der Waals surface area contributed by atoms with Gasteiger partial charge in [-0.1, -0.05) is 6.07 Å². The highest BCUT2D eigenvalue weighted by Gasteiger charge is 2.31. The van der Waals surface area contributed by atoms with E-state index < -0.39 is 0 Å². The van der Waals surface area contributed by atoms with Gasteiger partial charge >= 0.3 is 0 Å². The Hall–Kier alpha value is -2.73. The van der Waals surface area contributed by atoms with E-state index in [2.05, 4.69) is 0 Å². The van der Waals surface area contributed by atoms with Gasteiger partial charge in [0.2, 0.25) is 0 Å². The monoisotopic (exact) mass is 411 g/mol. The predicted molar refractivity (Wildman–Crippen MR) is 113 cm³/mol. The quantitative estimate of drug-likeness (QED) is 0.682. The molecule has 0 spiro atoms. The molecule has 0 unspecified atom stereocenters. The minimum atomic E-state index is 0.0350. The van der Waals surface area contributed by atoms with Crippen LogP contribution in [0.4, 0.5) is 0 Å². The molecule has 0 aliphatic carbocycles. The zero-order valence-electron chi connectivity index (χ0n) is 17.6. The molecule has 2 aliphatic rings. The first-order valence-corrected chi connectivity index (χ1v) is 10.6. The first-order chi connectivity index (χ1) is 14.7. The minimum absolute atomic E-state index is 0.0350. The SMILES string of the molecule is COc1ccc([C@@H]2CCCN2C(=O)c2ccc(OC[C@@H]3CCCO3)cc2)cc1OC. The van der Waals surface area contributed by atoms with E-state index >= 15 is 0 Å². The number of carbonyl (C=O) groups excluding carboxylic acids is 1. The Kier molecular flexibility index (Phi) is 6.43. The molecule has 2 aromatic rings. The normalized spacial score (nSPS) is 20.9. The van der Waals surface area contributed by atoms with Gasteiger partial charge in [0.05, 0.1) is 26.4 Å². The molecule has 160 valence electrons. The molecule has 0 saturated carbocycles. The number of carbonyl (C=O) groups is 1. The smallest absolute Gasteiger partial charge is 0.254 e. The lowest BCUT2D eigenvalue weighted by atomic mass is 10.0. The fourth-order valence-corrected chi connectivity index (χ4v) is 4.24. The summed E-state index contributed by atoms with van der Waals surface area (Å²) in [6, 6.07) is 13.3. The number of hydrogen-bond acceptors (Lipinski definition) is 5. The van der Waals surface area contributed by atoms with Gasteiger partial charge in [0.15, 0.2) is 11.5 Å². The topological polar surface area (TPSA) is 57.2 Å². The molecule has 0 radical (unpaired) electrons. The van der Waals surface area contributed by atoms with Crippen LogP contribution in [0.15, 0.2) is 42.5 Å². The maximum absolute atomic E-state index is 13.2. The second-order valence-corrected chi connectivity index (χ2v) is 7.74. The Bertz CT molecular complexity index is 860. The molecular formula is C24H29NO5. The summed E-state index contributed by atoms with van der Waals surface area (Å²) in [4.78, 5) is 15.1. The van der Waals surface area contributed by atoms with Crippen LogP contribution in [0.1, 0.15) is 47.6 Å². The van der Waals surface area contributed by atoms with Crippen LogP contribution in [0.5, 0.6) is 17.2 Å². The van der Waals surface area contributed by atoms with Crippen LogP contribution in [0.2, 0.25) is 0 Å². The van der Waals surface area contributed by atoms with E-state index in [1.54, 1.807) is 14.2 Å². The molecule has 6 heteroatoms. The van der Waals surface area contributed by atoms with E-state index in [1.165, 1.54) is 0 Å². The van der Waals surface area contributed by atoms with Gasteiger partial charge in [-0.05, 0) is 67.6 Å². The Morgan fingerprint density at radius 1 is 1.03 bits per heavy atom.